The molecule has 0 saturated carbocycles. The maximum absolute atomic E-state index is 11.5. The number of hydrogen-bond acceptors (Lipinski definition) is 5. The van der Waals surface area contributed by atoms with Crippen molar-refractivity contribution < 1.29 is 17.9 Å². The lowest BCUT2D eigenvalue weighted by Gasteiger charge is -2.10. The Morgan fingerprint density at radius 3 is 2.91 bits per heavy atom. The zero-order chi connectivity index (χ0) is 15.7. The normalized spacial score (nSPS) is 20.1. The van der Waals surface area contributed by atoms with Crippen LogP contribution in [0.25, 0.3) is 10.9 Å². The first-order valence-corrected chi connectivity index (χ1v) is 8.94. The fourth-order valence-electron chi connectivity index (χ4n) is 2.76. The van der Waals surface area contributed by atoms with Gasteiger partial charge >= 0.3 is 5.97 Å². The Balaban J connectivity index is 1.71. The lowest BCUT2D eigenvalue weighted by molar-refractivity contribution is 0.0595. The molecule has 2 N–H and O–H groups in total. The average Bonchev–Trinajstić information content (AvgIpc) is 3.06. The summed E-state index contributed by atoms with van der Waals surface area (Å²) in [6, 6.07) is 7.47. The number of methoxy groups -OCH3 is 1. The second-order valence-electron chi connectivity index (χ2n) is 5.63. The Labute approximate surface area is 128 Å². The highest BCUT2D eigenvalue weighted by atomic mass is 32.2. The summed E-state index contributed by atoms with van der Waals surface area (Å²) in [5.41, 5.74) is 2.18. The van der Waals surface area contributed by atoms with Crippen LogP contribution >= 0.6 is 0 Å². The van der Waals surface area contributed by atoms with Crippen molar-refractivity contribution >= 4 is 32.4 Å². The van der Waals surface area contributed by atoms with Crippen molar-refractivity contribution in [3.8, 4) is 0 Å². The number of aromatic nitrogens is 1. The first kappa shape index (κ1) is 14.9. The third-order valence-corrected chi connectivity index (χ3v) is 5.78. The quantitative estimate of drug-likeness (QED) is 0.838. The first-order chi connectivity index (χ1) is 10.5. The molecule has 0 bridgehead atoms. The van der Waals surface area contributed by atoms with Gasteiger partial charge in [-0.2, -0.15) is 0 Å². The van der Waals surface area contributed by atoms with Crippen LogP contribution in [0, 0.1) is 5.92 Å². The molecule has 0 radical (unpaired) electrons. The van der Waals surface area contributed by atoms with Gasteiger partial charge < -0.3 is 15.0 Å². The number of anilines is 1. The summed E-state index contributed by atoms with van der Waals surface area (Å²) < 4.78 is 27.6. The number of rotatable bonds is 4. The van der Waals surface area contributed by atoms with Crippen LogP contribution in [0.3, 0.4) is 0 Å². The molecule has 1 unspecified atom stereocenters. The van der Waals surface area contributed by atoms with Crippen molar-refractivity contribution in [2.75, 3.05) is 30.5 Å². The van der Waals surface area contributed by atoms with Crippen LogP contribution in [-0.4, -0.2) is 44.5 Å². The van der Waals surface area contributed by atoms with Crippen LogP contribution < -0.4 is 5.32 Å². The van der Waals surface area contributed by atoms with E-state index in [0.29, 0.717) is 24.4 Å². The lowest BCUT2D eigenvalue weighted by atomic mass is 10.1. The van der Waals surface area contributed by atoms with Crippen molar-refractivity contribution in [1.29, 1.82) is 0 Å². The predicted molar refractivity (Wildman–Crippen MR) is 84.9 cm³/mol. The summed E-state index contributed by atoms with van der Waals surface area (Å²) in [5, 5.41) is 4.18. The Hall–Kier alpha value is -2.02. The minimum Gasteiger partial charge on any atom is -0.464 e. The van der Waals surface area contributed by atoms with Crippen LogP contribution in [0.1, 0.15) is 16.9 Å². The zero-order valence-corrected chi connectivity index (χ0v) is 13.1. The molecule has 1 fully saturated rings. The Morgan fingerprint density at radius 2 is 2.23 bits per heavy atom. The van der Waals surface area contributed by atoms with Crippen LogP contribution in [0.2, 0.25) is 0 Å². The van der Waals surface area contributed by atoms with E-state index in [1.807, 2.05) is 18.2 Å². The molecule has 7 heteroatoms. The number of fused-ring (bicyclic) bond motifs is 1. The van der Waals surface area contributed by atoms with E-state index in [1.165, 1.54) is 7.11 Å². The minimum atomic E-state index is -2.84. The first-order valence-electron chi connectivity index (χ1n) is 7.12. The molecule has 0 spiro atoms. The fraction of sp³-hybridized carbons (Fsp3) is 0.400. The van der Waals surface area contributed by atoms with Gasteiger partial charge in [0.25, 0.3) is 0 Å². The summed E-state index contributed by atoms with van der Waals surface area (Å²) in [7, 11) is -1.50. The van der Waals surface area contributed by atoms with Gasteiger partial charge in [-0.3, -0.25) is 0 Å². The topological polar surface area (TPSA) is 88.3 Å². The molecule has 1 saturated heterocycles. The van der Waals surface area contributed by atoms with Gasteiger partial charge in [0.2, 0.25) is 0 Å². The molecule has 1 aromatic carbocycles. The van der Waals surface area contributed by atoms with Crippen molar-refractivity contribution in [2.24, 2.45) is 5.92 Å². The number of aromatic amines is 1. The van der Waals surface area contributed by atoms with Crippen LogP contribution in [0.15, 0.2) is 24.3 Å². The SMILES string of the molecule is COC(=O)c1cc2cc(NCC3CCS(=O)(=O)C3)ccc2[nH]1. The van der Waals surface area contributed by atoms with Gasteiger partial charge in [-0.25, -0.2) is 13.2 Å². The molecular weight excluding hydrogens is 304 g/mol. The van der Waals surface area contributed by atoms with E-state index in [-0.39, 0.29) is 11.7 Å². The molecule has 1 atom stereocenters. The van der Waals surface area contributed by atoms with Crippen molar-refractivity contribution in [3.05, 3.63) is 30.0 Å². The van der Waals surface area contributed by atoms with Gasteiger partial charge in [0, 0.05) is 23.1 Å². The van der Waals surface area contributed by atoms with Crippen LogP contribution in [0.4, 0.5) is 5.69 Å². The lowest BCUT2D eigenvalue weighted by Crippen LogP contribution is -2.15. The smallest absolute Gasteiger partial charge is 0.354 e. The molecule has 6 nitrogen and oxygen atoms in total. The fourth-order valence-corrected chi connectivity index (χ4v) is 4.62. The maximum atomic E-state index is 11.5. The Kier molecular flexibility index (Phi) is 3.82. The van der Waals surface area contributed by atoms with Gasteiger partial charge in [-0.1, -0.05) is 0 Å². The number of nitrogens with one attached hydrogen (secondary N) is 2. The Morgan fingerprint density at radius 1 is 1.41 bits per heavy atom. The number of carbonyl (C=O) groups excluding carboxylic acids is 1. The summed E-state index contributed by atoms with van der Waals surface area (Å²) >= 11 is 0. The summed E-state index contributed by atoms with van der Waals surface area (Å²) in [4.78, 5) is 14.5. The molecule has 1 aliphatic heterocycles. The molecule has 2 aromatic rings. The summed E-state index contributed by atoms with van der Waals surface area (Å²) in [6.45, 7) is 0.638. The van der Waals surface area contributed by atoms with Gasteiger partial charge in [0.1, 0.15) is 5.69 Å². The van der Waals surface area contributed by atoms with E-state index in [2.05, 4.69) is 15.0 Å². The molecular formula is C15H18N2O4S. The minimum absolute atomic E-state index is 0.164. The van der Waals surface area contributed by atoms with Crippen molar-refractivity contribution in [1.82, 2.24) is 4.98 Å². The van der Waals surface area contributed by atoms with Crippen molar-refractivity contribution in [3.63, 3.8) is 0 Å². The van der Waals surface area contributed by atoms with E-state index >= 15 is 0 Å². The molecule has 0 amide bonds. The van der Waals surface area contributed by atoms with Gasteiger partial charge in [-0.15, -0.1) is 0 Å². The van der Waals surface area contributed by atoms with Gasteiger partial charge in [0.15, 0.2) is 9.84 Å². The molecule has 0 aliphatic carbocycles. The number of benzene rings is 1. The number of carbonyl (C=O) groups is 1. The monoisotopic (exact) mass is 322 g/mol. The Bertz CT molecular complexity index is 810. The van der Waals surface area contributed by atoms with E-state index in [9.17, 15) is 13.2 Å². The van der Waals surface area contributed by atoms with E-state index in [1.54, 1.807) is 6.07 Å². The second-order valence-corrected chi connectivity index (χ2v) is 7.86. The maximum Gasteiger partial charge on any atom is 0.354 e. The molecule has 2 heterocycles. The van der Waals surface area contributed by atoms with E-state index in [4.69, 9.17) is 0 Å². The number of esters is 1. The molecule has 118 valence electrons. The van der Waals surface area contributed by atoms with E-state index in [0.717, 1.165) is 16.6 Å². The predicted octanol–water partition coefficient (Wildman–Crippen LogP) is 1.80. The van der Waals surface area contributed by atoms with Gasteiger partial charge in [-0.05, 0) is 36.6 Å². The molecule has 3 rings (SSSR count). The number of sulfone groups is 1. The third kappa shape index (κ3) is 3.09. The summed E-state index contributed by atoms with van der Waals surface area (Å²) in [5.74, 6) is 0.316. The molecule has 1 aliphatic rings. The zero-order valence-electron chi connectivity index (χ0n) is 12.3. The highest BCUT2D eigenvalue weighted by Crippen LogP contribution is 2.23. The van der Waals surface area contributed by atoms with Crippen LogP contribution in [0.5, 0.6) is 0 Å². The number of hydrogen-bond donors (Lipinski definition) is 2. The van der Waals surface area contributed by atoms with Crippen molar-refractivity contribution in [2.45, 2.75) is 6.42 Å². The standard InChI is InChI=1S/C15H18N2O4S/c1-21-15(18)14-7-11-6-12(2-3-13(11)17-14)16-8-10-4-5-22(19,20)9-10/h2-3,6-7,10,16-17H,4-5,8-9H2,1H3. The largest absolute Gasteiger partial charge is 0.464 e. The van der Waals surface area contributed by atoms with Gasteiger partial charge in [0.05, 0.1) is 18.6 Å². The second kappa shape index (κ2) is 5.64. The molecule has 22 heavy (non-hydrogen) atoms. The van der Waals surface area contributed by atoms with E-state index < -0.39 is 15.8 Å². The summed E-state index contributed by atoms with van der Waals surface area (Å²) in [6.07, 6.45) is 0.716. The number of ether oxygens (including phenoxy) is 1. The third-order valence-electron chi connectivity index (χ3n) is 3.95. The number of H-pyrrole nitrogens is 1. The highest BCUT2D eigenvalue weighted by molar-refractivity contribution is 7.91. The average molecular weight is 322 g/mol. The molecule has 1 aromatic heterocycles. The highest BCUT2D eigenvalue weighted by Gasteiger charge is 2.27. The van der Waals surface area contributed by atoms with Crippen LogP contribution in [-0.2, 0) is 14.6 Å².